The molecule has 0 saturated carbocycles. The molecule has 0 spiro atoms. The summed E-state index contributed by atoms with van der Waals surface area (Å²) < 4.78 is 57.3. The number of aromatic nitrogens is 4. The smallest absolute Gasteiger partial charge is 0.313 e. The fraction of sp³-hybridized carbons (Fsp3) is 0.0870. The van der Waals surface area contributed by atoms with E-state index in [-0.39, 0.29) is 21.7 Å². The highest BCUT2D eigenvalue weighted by Crippen LogP contribution is 2.35. The molecule has 0 radical (unpaired) electrons. The van der Waals surface area contributed by atoms with E-state index in [2.05, 4.69) is 15.2 Å². The van der Waals surface area contributed by atoms with Crippen LogP contribution >= 0.6 is 0 Å². The van der Waals surface area contributed by atoms with Crippen LogP contribution in [0.1, 0.15) is 5.56 Å². The van der Waals surface area contributed by atoms with E-state index in [0.717, 1.165) is 11.8 Å². The van der Waals surface area contributed by atoms with Gasteiger partial charge < -0.3 is 10.2 Å². The number of anilines is 1. The third kappa shape index (κ3) is 4.06. The van der Waals surface area contributed by atoms with E-state index in [0.29, 0.717) is 27.7 Å². The van der Waals surface area contributed by atoms with Gasteiger partial charge in [0.2, 0.25) is 5.89 Å². The minimum atomic E-state index is -3.95. The maximum atomic E-state index is 13.6. The molecular formula is C23H19N5O5S2. The third-order valence-electron chi connectivity index (χ3n) is 5.48. The molecule has 0 saturated heterocycles. The fourth-order valence-corrected chi connectivity index (χ4v) is 5.60. The lowest BCUT2D eigenvalue weighted by Gasteiger charge is -2.08. The quantitative estimate of drug-likeness (QED) is 0.376. The molecule has 0 aliphatic heterocycles. The van der Waals surface area contributed by atoms with E-state index in [1.807, 2.05) is 6.92 Å². The molecule has 5 rings (SSSR count). The summed E-state index contributed by atoms with van der Waals surface area (Å²) in [5.41, 5.74) is 8.27. The number of nitrogens with two attached hydrogens (primary N) is 1. The Kier molecular flexibility index (Phi) is 5.22. The highest BCUT2D eigenvalue weighted by molar-refractivity contribution is 7.90. The predicted molar refractivity (Wildman–Crippen MR) is 130 cm³/mol. The zero-order valence-electron chi connectivity index (χ0n) is 18.6. The van der Waals surface area contributed by atoms with Crippen LogP contribution in [0.15, 0.2) is 81.2 Å². The molecule has 12 heteroatoms. The SMILES string of the molecule is Cc1ccc(S(=O)(=O)n2cc(-c3ccc(S(C)(=O)=O)cn3)c3cc(-c4nnc(N)o4)ccc32)cc1. The molecule has 0 aliphatic carbocycles. The first-order valence-electron chi connectivity index (χ1n) is 10.3. The lowest BCUT2D eigenvalue weighted by Crippen LogP contribution is -2.11. The molecule has 0 amide bonds. The summed E-state index contributed by atoms with van der Waals surface area (Å²) in [7, 11) is -7.40. The summed E-state index contributed by atoms with van der Waals surface area (Å²) in [6, 6.07) is 14.4. The van der Waals surface area contributed by atoms with E-state index in [4.69, 9.17) is 10.2 Å². The van der Waals surface area contributed by atoms with Gasteiger partial charge in [0, 0.05) is 35.2 Å². The molecule has 35 heavy (non-hydrogen) atoms. The lowest BCUT2D eigenvalue weighted by atomic mass is 10.1. The highest BCUT2D eigenvalue weighted by atomic mass is 32.2. The molecule has 0 aliphatic rings. The van der Waals surface area contributed by atoms with Crippen molar-refractivity contribution in [2.24, 2.45) is 0 Å². The Bertz CT molecular complexity index is 1790. The van der Waals surface area contributed by atoms with E-state index in [1.54, 1.807) is 42.5 Å². The number of benzene rings is 2. The van der Waals surface area contributed by atoms with Crippen molar-refractivity contribution in [3.63, 3.8) is 0 Å². The Labute approximate surface area is 201 Å². The molecule has 3 aromatic heterocycles. The molecule has 2 aromatic carbocycles. The summed E-state index contributed by atoms with van der Waals surface area (Å²) in [5, 5.41) is 8.10. The van der Waals surface area contributed by atoms with Crippen LogP contribution in [0, 0.1) is 6.92 Å². The van der Waals surface area contributed by atoms with Gasteiger partial charge in [-0.25, -0.2) is 20.8 Å². The molecular weight excluding hydrogens is 490 g/mol. The molecule has 2 N–H and O–H groups in total. The lowest BCUT2D eigenvalue weighted by molar-refractivity contribution is 0.589. The van der Waals surface area contributed by atoms with Crippen molar-refractivity contribution in [2.45, 2.75) is 16.7 Å². The summed E-state index contributed by atoms with van der Waals surface area (Å²) in [6.07, 6.45) is 3.80. The second kappa shape index (κ2) is 8.03. The number of aryl methyl sites for hydroxylation is 1. The number of pyridine rings is 1. The molecule has 178 valence electrons. The number of rotatable bonds is 5. The maximum Gasteiger partial charge on any atom is 0.313 e. The largest absolute Gasteiger partial charge is 0.404 e. The molecule has 10 nitrogen and oxygen atoms in total. The fourth-order valence-electron chi connectivity index (χ4n) is 3.67. The maximum absolute atomic E-state index is 13.6. The number of hydrogen-bond donors (Lipinski definition) is 1. The van der Waals surface area contributed by atoms with Gasteiger partial charge >= 0.3 is 6.01 Å². The number of nitrogens with zero attached hydrogens (tertiary/aromatic N) is 4. The van der Waals surface area contributed by atoms with Crippen molar-refractivity contribution in [1.82, 2.24) is 19.2 Å². The predicted octanol–water partition coefficient (Wildman–Crippen LogP) is 3.28. The number of nitrogen functional groups attached to an aromatic ring is 1. The van der Waals surface area contributed by atoms with Gasteiger partial charge in [-0.05, 0) is 49.4 Å². The summed E-state index contributed by atoms with van der Waals surface area (Å²) in [6.45, 7) is 1.87. The standard InChI is InChI=1S/C23H19N5O5S2/c1-14-3-6-16(7-4-14)35(31,32)28-13-19(20-9-8-17(12-25-20)34(2,29)30)18-11-15(5-10-21(18)28)22-26-27-23(24)33-22/h3-13H,1-2H3,(H2,24,27). The van der Waals surface area contributed by atoms with Crippen molar-refractivity contribution >= 4 is 36.8 Å². The average molecular weight is 510 g/mol. The summed E-state index contributed by atoms with van der Waals surface area (Å²) in [5.74, 6) is 0.171. The number of sulfone groups is 1. The molecule has 3 heterocycles. The molecule has 0 bridgehead atoms. The van der Waals surface area contributed by atoms with E-state index >= 15 is 0 Å². The highest BCUT2D eigenvalue weighted by Gasteiger charge is 2.23. The van der Waals surface area contributed by atoms with Crippen LogP contribution in [-0.2, 0) is 19.9 Å². The van der Waals surface area contributed by atoms with Crippen molar-refractivity contribution in [3.8, 4) is 22.7 Å². The Balaban J connectivity index is 1.75. The Morgan fingerprint density at radius 1 is 0.914 bits per heavy atom. The number of hydrogen-bond acceptors (Lipinski definition) is 9. The van der Waals surface area contributed by atoms with Crippen LogP contribution in [0.4, 0.5) is 6.01 Å². The Morgan fingerprint density at radius 3 is 2.23 bits per heavy atom. The number of fused-ring (bicyclic) bond motifs is 1. The van der Waals surface area contributed by atoms with Gasteiger partial charge in [0.15, 0.2) is 9.84 Å². The monoisotopic (exact) mass is 509 g/mol. The second-order valence-electron chi connectivity index (χ2n) is 7.99. The average Bonchev–Trinajstić information content (AvgIpc) is 3.42. The molecule has 0 fully saturated rings. The van der Waals surface area contributed by atoms with E-state index < -0.39 is 19.9 Å². The third-order valence-corrected chi connectivity index (χ3v) is 8.26. The topological polar surface area (TPSA) is 151 Å². The van der Waals surface area contributed by atoms with Gasteiger partial charge in [0.1, 0.15) is 0 Å². The first kappa shape index (κ1) is 22.7. The van der Waals surface area contributed by atoms with Gasteiger partial charge in [-0.1, -0.05) is 22.8 Å². The van der Waals surface area contributed by atoms with Gasteiger partial charge in [-0.3, -0.25) is 4.98 Å². The van der Waals surface area contributed by atoms with Crippen molar-refractivity contribution < 1.29 is 21.3 Å². The Hall–Kier alpha value is -4.03. The summed E-state index contributed by atoms with van der Waals surface area (Å²) >= 11 is 0. The zero-order chi connectivity index (χ0) is 25.0. The second-order valence-corrected chi connectivity index (χ2v) is 11.8. The molecule has 5 aromatic rings. The van der Waals surface area contributed by atoms with Crippen LogP contribution in [0.25, 0.3) is 33.6 Å². The summed E-state index contributed by atoms with van der Waals surface area (Å²) in [4.78, 5) is 4.47. The minimum absolute atomic E-state index is 0.0549. The van der Waals surface area contributed by atoms with Crippen LogP contribution in [0.3, 0.4) is 0 Å². The zero-order valence-corrected chi connectivity index (χ0v) is 20.2. The normalized spacial score (nSPS) is 12.3. The van der Waals surface area contributed by atoms with Gasteiger partial charge in [0.25, 0.3) is 10.0 Å². The minimum Gasteiger partial charge on any atom is -0.404 e. The van der Waals surface area contributed by atoms with Crippen molar-refractivity contribution in [3.05, 3.63) is 72.6 Å². The Morgan fingerprint density at radius 2 is 1.63 bits per heavy atom. The van der Waals surface area contributed by atoms with Gasteiger partial charge in [-0.2, -0.15) is 0 Å². The van der Waals surface area contributed by atoms with Gasteiger partial charge in [-0.15, -0.1) is 5.10 Å². The van der Waals surface area contributed by atoms with Gasteiger partial charge in [0.05, 0.1) is 21.0 Å². The van der Waals surface area contributed by atoms with E-state index in [1.165, 1.54) is 28.5 Å². The first-order valence-corrected chi connectivity index (χ1v) is 13.6. The molecule has 0 unspecified atom stereocenters. The van der Waals surface area contributed by atoms with Crippen LogP contribution < -0.4 is 5.73 Å². The molecule has 0 atom stereocenters. The van der Waals surface area contributed by atoms with Crippen LogP contribution in [0.2, 0.25) is 0 Å². The first-order chi connectivity index (χ1) is 16.5. The van der Waals surface area contributed by atoms with Crippen LogP contribution in [0.5, 0.6) is 0 Å². The van der Waals surface area contributed by atoms with Crippen molar-refractivity contribution in [2.75, 3.05) is 12.0 Å². The van der Waals surface area contributed by atoms with Crippen molar-refractivity contribution in [1.29, 1.82) is 0 Å². The van der Waals surface area contributed by atoms with E-state index in [9.17, 15) is 16.8 Å². The van der Waals surface area contributed by atoms with Crippen LogP contribution in [-0.4, -0.2) is 42.2 Å².